The molecule has 0 aliphatic rings. The lowest BCUT2D eigenvalue weighted by Gasteiger charge is -2.09. The van der Waals surface area contributed by atoms with Gasteiger partial charge in [-0.05, 0) is 29.8 Å². The van der Waals surface area contributed by atoms with E-state index in [2.05, 4.69) is 6.07 Å². The summed E-state index contributed by atoms with van der Waals surface area (Å²) >= 11 is 5.89. The minimum absolute atomic E-state index is 0.230. The number of hydrogen-bond acceptors (Lipinski definition) is 4. The molecule has 0 bridgehead atoms. The molecule has 104 valence electrons. The Hall–Kier alpha value is -2.69. The molecule has 0 atom stereocenters. The molecule has 0 saturated carbocycles. The van der Waals surface area contributed by atoms with E-state index in [1.54, 1.807) is 36.4 Å². The van der Waals surface area contributed by atoms with Crippen molar-refractivity contribution in [1.82, 2.24) is 0 Å². The summed E-state index contributed by atoms with van der Waals surface area (Å²) in [6.07, 6.45) is 0. The first kappa shape index (κ1) is 14.7. The summed E-state index contributed by atoms with van der Waals surface area (Å²) in [5.74, 6) is 0.932. The predicted molar refractivity (Wildman–Crippen MR) is 78.2 cm³/mol. The lowest BCUT2D eigenvalue weighted by molar-refractivity contribution is 0.305. The molecule has 21 heavy (non-hydrogen) atoms. The molecule has 0 radical (unpaired) electrons. The van der Waals surface area contributed by atoms with Gasteiger partial charge in [0.1, 0.15) is 30.2 Å². The van der Waals surface area contributed by atoms with Gasteiger partial charge >= 0.3 is 0 Å². The van der Waals surface area contributed by atoms with Crippen molar-refractivity contribution in [1.29, 1.82) is 10.5 Å². The number of nitriles is 2. The minimum atomic E-state index is 0.230. The summed E-state index contributed by atoms with van der Waals surface area (Å²) in [6.45, 7) is 0.230. The fourth-order valence-electron chi connectivity index (χ4n) is 1.80. The van der Waals surface area contributed by atoms with Gasteiger partial charge in [-0.25, -0.2) is 0 Å². The van der Waals surface area contributed by atoms with Crippen LogP contribution in [0.2, 0.25) is 5.02 Å². The Kier molecular flexibility index (Phi) is 4.66. The van der Waals surface area contributed by atoms with Gasteiger partial charge in [-0.15, -0.1) is 0 Å². The van der Waals surface area contributed by atoms with Gasteiger partial charge in [0, 0.05) is 11.1 Å². The Balaban J connectivity index is 2.19. The number of rotatable bonds is 4. The van der Waals surface area contributed by atoms with Gasteiger partial charge in [0.25, 0.3) is 0 Å². The maximum absolute atomic E-state index is 9.05. The van der Waals surface area contributed by atoms with E-state index in [0.29, 0.717) is 27.6 Å². The highest BCUT2D eigenvalue weighted by atomic mass is 35.5. The van der Waals surface area contributed by atoms with Gasteiger partial charge in [-0.1, -0.05) is 17.7 Å². The van der Waals surface area contributed by atoms with E-state index in [9.17, 15) is 0 Å². The molecule has 0 saturated heterocycles. The average molecular weight is 299 g/mol. The van der Waals surface area contributed by atoms with Crippen molar-refractivity contribution in [2.45, 2.75) is 6.61 Å². The highest BCUT2D eigenvalue weighted by Crippen LogP contribution is 2.25. The molecule has 4 nitrogen and oxygen atoms in total. The third-order valence-electron chi connectivity index (χ3n) is 2.84. The van der Waals surface area contributed by atoms with Gasteiger partial charge < -0.3 is 9.47 Å². The molecule has 2 rings (SSSR count). The zero-order chi connectivity index (χ0) is 15.2. The van der Waals surface area contributed by atoms with Crippen molar-refractivity contribution >= 4 is 11.6 Å². The molecule has 0 heterocycles. The molecule has 0 fully saturated rings. The number of nitrogens with zero attached hydrogens (tertiary/aromatic N) is 2. The molecule has 0 unspecified atom stereocenters. The maximum atomic E-state index is 9.05. The van der Waals surface area contributed by atoms with Crippen LogP contribution >= 0.6 is 11.6 Å². The number of hydrogen-bond donors (Lipinski definition) is 0. The molecular weight excluding hydrogens is 288 g/mol. The molecule has 2 aromatic rings. The summed E-state index contributed by atoms with van der Waals surface area (Å²) in [4.78, 5) is 0. The van der Waals surface area contributed by atoms with E-state index < -0.39 is 0 Å². The van der Waals surface area contributed by atoms with Crippen LogP contribution in [-0.2, 0) is 6.61 Å². The first-order chi connectivity index (χ1) is 10.2. The Morgan fingerprint density at radius 1 is 1.00 bits per heavy atom. The van der Waals surface area contributed by atoms with Crippen molar-refractivity contribution in [2.24, 2.45) is 0 Å². The fraction of sp³-hybridized carbons (Fsp3) is 0.125. The smallest absolute Gasteiger partial charge is 0.139 e. The normalized spacial score (nSPS) is 9.52. The van der Waals surface area contributed by atoms with Crippen LogP contribution in [0, 0.1) is 22.7 Å². The summed E-state index contributed by atoms with van der Waals surface area (Å²) in [7, 11) is 1.51. The van der Waals surface area contributed by atoms with E-state index in [0.717, 1.165) is 5.56 Å². The standard InChI is InChI=1S/C16H11ClN2O2/c1-20-15-5-2-11(6-13(15)9-19)10-21-16-7-14(17)4-3-12(16)8-18/h2-7H,10H2,1H3. The Morgan fingerprint density at radius 2 is 1.76 bits per heavy atom. The Labute approximate surface area is 127 Å². The summed E-state index contributed by atoms with van der Waals surface area (Å²) < 4.78 is 10.7. The zero-order valence-corrected chi connectivity index (χ0v) is 12.0. The monoisotopic (exact) mass is 298 g/mol. The zero-order valence-electron chi connectivity index (χ0n) is 11.3. The summed E-state index contributed by atoms with van der Waals surface area (Å²) in [6, 6.07) is 14.1. The highest BCUT2D eigenvalue weighted by Gasteiger charge is 2.07. The van der Waals surface area contributed by atoms with Crippen molar-refractivity contribution in [3.8, 4) is 23.6 Å². The number of methoxy groups -OCH3 is 1. The van der Waals surface area contributed by atoms with Crippen molar-refractivity contribution in [3.63, 3.8) is 0 Å². The van der Waals surface area contributed by atoms with Crippen molar-refractivity contribution in [2.75, 3.05) is 7.11 Å². The third-order valence-corrected chi connectivity index (χ3v) is 3.08. The van der Waals surface area contributed by atoms with Gasteiger partial charge in [0.15, 0.2) is 0 Å². The van der Waals surface area contributed by atoms with Crippen LogP contribution in [0.15, 0.2) is 36.4 Å². The molecule has 0 N–H and O–H groups in total. The molecule has 2 aromatic carbocycles. The average Bonchev–Trinajstić information content (AvgIpc) is 2.52. The van der Waals surface area contributed by atoms with Gasteiger partial charge in [-0.3, -0.25) is 0 Å². The Bertz CT molecular complexity index is 745. The first-order valence-electron chi connectivity index (χ1n) is 6.07. The van der Waals surface area contributed by atoms with E-state index in [1.165, 1.54) is 7.11 Å². The van der Waals surface area contributed by atoms with Crippen LogP contribution in [0.3, 0.4) is 0 Å². The predicted octanol–water partition coefficient (Wildman–Crippen LogP) is 3.67. The van der Waals surface area contributed by atoms with E-state index in [4.69, 9.17) is 31.6 Å². The molecule has 5 heteroatoms. The fourth-order valence-corrected chi connectivity index (χ4v) is 1.96. The number of halogens is 1. The molecular formula is C16H11ClN2O2. The van der Waals surface area contributed by atoms with E-state index in [-0.39, 0.29) is 6.61 Å². The highest BCUT2D eigenvalue weighted by molar-refractivity contribution is 6.30. The summed E-state index contributed by atoms with van der Waals surface area (Å²) in [5, 5.41) is 18.6. The first-order valence-corrected chi connectivity index (χ1v) is 6.45. The van der Waals surface area contributed by atoms with Crippen LogP contribution < -0.4 is 9.47 Å². The lowest BCUT2D eigenvalue weighted by atomic mass is 10.1. The largest absolute Gasteiger partial charge is 0.495 e. The van der Waals surface area contributed by atoms with Crippen molar-refractivity contribution in [3.05, 3.63) is 58.1 Å². The molecule has 0 spiro atoms. The Morgan fingerprint density at radius 3 is 2.43 bits per heavy atom. The van der Waals surface area contributed by atoms with Crippen LogP contribution in [0.5, 0.6) is 11.5 Å². The second-order valence-corrected chi connectivity index (χ2v) is 4.62. The SMILES string of the molecule is COc1ccc(COc2cc(Cl)ccc2C#N)cc1C#N. The topological polar surface area (TPSA) is 66.0 Å². The minimum Gasteiger partial charge on any atom is -0.495 e. The van der Waals surface area contributed by atoms with Crippen LogP contribution in [-0.4, -0.2) is 7.11 Å². The van der Waals surface area contributed by atoms with Gasteiger partial charge in [0.2, 0.25) is 0 Å². The summed E-state index contributed by atoms with van der Waals surface area (Å²) in [5.41, 5.74) is 1.65. The van der Waals surface area contributed by atoms with Gasteiger partial charge in [0.05, 0.1) is 18.2 Å². The molecule has 0 aliphatic carbocycles. The van der Waals surface area contributed by atoms with Gasteiger partial charge in [-0.2, -0.15) is 10.5 Å². The number of benzene rings is 2. The van der Waals surface area contributed by atoms with E-state index in [1.807, 2.05) is 6.07 Å². The van der Waals surface area contributed by atoms with E-state index >= 15 is 0 Å². The van der Waals surface area contributed by atoms with Crippen LogP contribution in [0.1, 0.15) is 16.7 Å². The third kappa shape index (κ3) is 3.45. The molecule has 0 amide bonds. The maximum Gasteiger partial charge on any atom is 0.139 e. The molecule has 0 aromatic heterocycles. The molecule has 0 aliphatic heterocycles. The second kappa shape index (κ2) is 6.65. The lowest BCUT2D eigenvalue weighted by Crippen LogP contribution is -1.99. The number of ether oxygens (including phenoxy) is 2. The van der Waals surface area contributed by atoms with Crippen LogP contribution in [0.25, 0.3) is 0 Å². The van der Waals surface area contributed by atoms with Crippen molar-refractivity contribution < 1.29 is 9.47 Å². The second-order valence-electron chi connectivity index (χ2n) is 4.19. The van der Waals surface area contributed by atoms with Crippen LogP contribution in [0.4, 0.5) is 0 Å². The quantitative estimate of drug-likeness (QED) is 0.863.